The van der Waals surface area contributed by atoms with Gasteiger partial charge in [0.2, 0.25) is 5.82 Å². The topological polar surface area (TPSA) is 98.8 Å². The number of aromatic nitrogens is 4. The minimum absolute atomic E-state index is 0.127. The molecule has 0 atom stereocenters. The third-order valence-corrected chi connectivity index (χ3v) is 2.68. The summed E-state index contributed by atoms with van der Waals surface area (Å²) in [5.41, 5.74) is -0.382. The summed E-state index contributed by atoms with van der Waals surface area (Å²) in [7, 11) is 0. The van der Waals surface area contributed by atoms with Gasteiger partial charge in [0, 0.05) is 17.7 Å². The molecule has 0 aliphatic rings. The van der Waals surface area contributed by atoms with Crippen molar-refractivity contribution < 1.29 is 9.31 Å². The normalized spacial score (nSPS) is 11.6. The Morgan fingerprint density at radius 3 is 2.71 bits per heavy atom. The molecule has 0 saturated heterocycles. The Bertz CT molecular complexity index is 664. The zero-order chi connectivity index (χ0) is 15.6. The van der Waals surface area contributed by atoms with Gasteiger partial charge in [-0.15, -0.1) is 5.10 Å². The Balaban J connectivity index is 2.29. The van der Waals surface area contributed by atoms with Crippen LogP contribution in [-0.2, 0) is 6.54 Å². The van der Waals surface area contributed by atoms with Gasteiger partial charge in [0.05, 0.1) is 17.2 Å². The number of nitrogens with one attached hydrogen (secondary N) is 1. The molecule has 8 nitrogen and oxygen atoms in total. The van der Waals surface area contributed by atoms with E-state index in [0.717, 1.165) is 12.1 Å². The molecule has 0 radical (unpaired) electrons. The molecule has 0 aliphatic heterocycles. The zero-order valence-electron chi connectivity index (χ0n) is 11.9. The Labute approximate surface area is 120 Å². The highest BCUT2D eigenvalue weighted by molar-refractivity contribution is 5.42. The summed E-state index contributed by atoms with van der Waals surface area (Å²) in [6, 6.07) is 3.53. The average Bonchev–Trinajstić information content (AvgIpc) is 2.83. The van der Waals surface area contributed by atoms with Crippen molar-refractivity contribution >= 4 is 5.69 Å². The molecular formula is C12H15FN6O2. The minimum Gasteiger partial charge on any atom is -0.305 e. The van der Waals surface area contributed by atoms with E-state index in [1.54, 1.807) is 0 Å². The summed E-state index contributed by atoms with van der Waals surface area (Å²) in [6.45, 7) is 6.36. The Morgan fingerprint density at radius 1 is 1.43 bits per heavy atom. The zero-order valence-corrected chi connectivity index (χ0v) is 11.9. The van der Waals surface area contributed by atoms with Crippen LogP contribution in [0.5, 0.6) is 0 Å². The van der Waals surface area contributed by atoms with Gasteiger partial charge in [-0.1, -0.05) is 0 Å². The van der Waals surface area contributed by atoms with Gasteiger partial charge in [-0.25, -0.2) is 0 Å². The number of rotatable bonds is 4. The largest absolute Gasteiger partial charge is 0.305 e. The van der Waals surface area contributed by atoms with Gasteiger partial charge in [-0.3, -0.25) is 10.1 Å². The maximum atomic E-state index is 13.7. The van der Waals surface area contributed by atoms with Crippen molar-refractivity contribution in [3.8, 4) is 5.69 Å². The van der Waals surface area contributed by atoms with Crippen LogP contribution in [0.4, 0.5) is 10.1 Å². The number of hydrogen-bond donors (Lipinski definition) is 1. The van der Waals surface area contributed by atoms with E-state index in [1.807, 2.05) is 20.8 Å². The summed E-state index contributed by atoms with van der Waals surface area (Å²) < 4.78 is 15.0. The molecule has 1 N–H and O–H groups in total. The van der Waals surface area contributed by atoms with E-state index in [-0.39, 0.29) is 5.54 Å². The second kappa shape index (κ2) is 5.52. The van der Waals surface area contributed by atoms with Crippen LogP contribution in [0.25, 0.3) is 5.69 Å². The van der Waals surface area contributed by atoms with Crippen molar-refractivity contribution in [2.45, 2.75) is 32.9 Å². The predicted octanol–water partition coefficient (Wildman–Crippen LogP) is 1.60. The number of nitrogens with zero attached hydrogens (tertiary/aromatic N) is 5. The van der Waals surface area contributed by atoms with E-state index in [0.29, 0.717) is 18.1 Å². The van der Waals surface area contributed by atoms with E-state index < -0.39 is 16.4 Å². The molecule has 0 saturated carbocycles. The summed E-state index contributed by atoms with van der Waals surface area (Å²) in [4.78, 5) is 9.83. The van der Waals surface area contributed by atoms with E-state index >= 15 is 0 Å². The molecule has 9 heteroatoms. The summed E-state index contributed by atoms with van der Waals surface area (Å²) in [5.74, 6) is -0.444. The highest BCUT2D eigenvalue weighted by Gasteiger charge is 2.17. The second-order valence-electron chi connectivity index (χ2n) is 5.50. The monoisotopic (exact) mass is 294 g/mol. The Hall–Kier alpha value is -2.42. The first-order valence-electron chi connectivity index (χ1n) is 6.24. The maximum Gasteiger partial charge on any atom is 0.304 e. The predicted molar refractivity (Wildman–Crippen MR) is 72.4 cm³/mol. The quantitative estimate of drug-likeness (QED) is 0.679. The smallest absolute Gasteiger partial charge is 0.304 e. The van der Waals surface area contributed by atoms with Crippen LogP contribution in [0, 0.1) is 15.9 Å². The van der Waals surface area contributed by atoms with Crippen molar-refractivity contribution in [1.82, 2.24) is 25.5 Å². The molecule has 2 aromatic rings. The van der Waals surface area contributed by atoms with E-state index in [9.17, 15) is 14.5 Å². The highest BCUT2D eigenvalue weighted by atomic mass is 19.1. The lowest BCUT2D eigenvalue weighted by Gasteiger charge is -2.19. The van der Waals surface area contributed by atoms with Crippen LogP contribution in [0.2, 0.25) is 0 Å². The molecule has 0 unspecified atom stereocenters. The fraction of sp³-hybridized carbons (Fsp3) is 0.417. The average molecular weight is 294 g/mol. The van der Waals surface area contributed by atoms with E-state index in [4.69, 9.17) is 0 Å². The number of nitro benzene ring substituents is 1. The van der Waals surface area contributed by atoms with Crippen molar-refractivity contribution in [2.24, 2.45) is 0 Å². The molecule has 0 aliphatic carbocycles. The van der Waals surface area contributed by atoms with Gasteiger partial charge in [0.1, 0.15) is 0 Å². The SMILES string of the molecule is CC(C)(C)NCc1nnnn1-c1ccc([N+](=O)[O-])c(F)c1. The summed E-state index contributed by atoms with van der Waals surface area (Å²) in [5, 5.41) is 25.0. The number of tetrazole rings is 1. The fourth-order valence-electron chi connectivity index (χ4n) is 1.64. The molecular weight excluding hydrogens is 279 g/mol. The second-order valence-corrected chi connectivity index (χ2v) is 5.50. The third-order valence-electron chi connectivity index (χ3n) is 2.68. The molecule has 21 heavy (non-hydrogen) atoms. The fourth-order valence-corrected chi connectivity index (χ4v) is 1.64. The summed E-state index contributed by atoms with van der Waals surface area (Å²) >= 11 is 0. The third kappa shape index (κ3) is 3.57. The van der Waals surface area contributed by atoms with Crippen LogP contribution in [0.1, 0.15) is 26.6 Å². The molecule has 0 spiro atoms. The Kier molecular flexibility index (Phi) is 3.94. The van der Waals surface area contributed by atoms with Crippen molar-refractivity contribution in [3.63, 3.8) is 0 Å². The maximum absolute atomic E-state index is 13.7. The molecule has 2 rings (SSSR count). The van der Waals surface area contributed by atoms with E-state index in [2.05, 4.69) is 20.8 Å². The first kappa shape index (κ1) is 15.0. The molecule has 0 amide bonds. The first-order chi connectivity index (χ1) is 9.78. The number of hydrogen-bond acceptors (Lipinski definition) is 6. The van der Waals surface area contributed by atoms with Crippen molar-refractivity contribution in [1.29, 1.82) is 0 Å². The minimum atomic E-state index is -0.928. The molecule has 0 fully saturated rings. The highest BCUT2D eigenvalue weighted by Crippen LogP contribution is 2.20. The van der Waals surface area contributed by atoms with Crippen LogP contribution in [-0.4, -0.2) is 30.7 Å². The molecule has 1 heterocycles. The first-order valence-corrected chi connectivity index (χ1v) is 6.24. The lowest BCUT2D eigenvalue weighted by molar-refractivity contribution is -0.387. The molecule has 1 aromatic heterocycles. The number of nitro groups is 1. The molecule has 0 bridgehead atoms. The number of benzene rings is 1. The van der Waals surface area contributed by atoms with Gasteiger partial charge < -0.3 is 5.32 Å². The molecule has 1 aromatic carbocycles. The lowest BCUT2D eigenvalue weighted by Crippen LogP contribution is -2.35. The van der Waals surface area contributed by atoms with Gasteiger partial charge in [-0.05, 0) is 37.3 Å². The van der Waals surface area contributed by atoms with Gasteiger partial charge in [-0.2, -0.15) is 9.07 Å². The van der Waals surface area contributed by atoms with Crippen LogP contribution in [0.3, 0.4) is 0 Å². The lowest BCUT2D eigenvalue weighted by atomic mass is 10.1. The van der Waals surface area contributed by atoms with Gasteiger partial charge in [0.25, 0.3) is 0 Å². The van der Waals surface area contributed by atoms with Crippen LogP contribution >= 0.6 is 0 Å². The molecule has 112 valence electrons. The van der Waals surface area contributed by atoms with E-state index in [1.165, 1.54) is 10.7 Å². The Morgan fingerprint density at radius 2 is 2.14 bits per heavy atom. The summed E-state index contributed by atoms with van der Waals surface area (Å²) in [6.07, 6.45) is 0. The number of halogens is 1. The van der Waals surface area contributed by atoms with Crippen molar-refractivity contribution in [3.05, 3.63) is 40.0 Å². The van der Waals surface area contributed by atoms with Crippen LogP contribution in [0.15, 0.2) is 18.2 Å². The van der Waals surface area contributed by atoms with Gasteiger partial charge >= 0.3 is 5.69 Å². The van der Waals surface area contributed by atoms with Crippen molar-refractivity contribution in [2.75, 3.05) is 0 Å². The standard InChI is InChI=1S/C12H15FN6O2/c1-12(2,3)14-7-11-15-16-17-18(11)8-4-5-10(19(20)21)9(13)6-8/h4-6,14H,7H2,1-3H3. The van der Waals surface area contributed by atoms with Gasteiger partial charge in [0.15, 0.2) is 5.82 Å². The van der Waals surface area contributed by atoms with Crippen LogP contribution < -0.4 is 5.32 Å².